The number of phenolic OH excluding ortho intramolecular Hbond substituents is 2. The third-order valence-electron chi connectivity index (χ3n) is 4.98. The number of hydrogen-bond donors (Lipinski definition) is 2. The van der Waals surface area contributed by atoms with Crippen molar-refractivity contribution in [1.82, 2.24) is 0 Å². The van der Waals surface area contributed by atoms with E-state index in [1.54, 1.807) is 12.1 Å². The van der Waals surface area contributed by atoms with Gasteiger partial charge in [0.05, 0.1) is 18.6 Å². The summed E-state index contributed by atoms with van der Waals surface area (Å²) in [7, 11) is 1.50. The molecule has 2 aromatic carbocycles. The van der Waals surface area contributed by atoms with E-state index >= 15 is 0 Å². The Bertz CT molecular complexity index is 859. The standard InChI is InChI=1S/C19H20O6/c1-3-4-10-8-14-18(24-10)12-6-9-5-11(23-2)7-13(20)15(9)17(21)16(12)19(22)25-14/h5-7,10,14,18,20-21H,3-4,8H2,1-2H3/t10-,14-,18-/m1/s1. The molecule has 2 heterocycles. The summed E-state index contributed by atoms with van der Waals surface area (Å²) in [6, 6.07) is 4.89. The number of hydrogen-bond acceptors (Lipinski definition) is 6. The van der Waals surface area contributed by atoms with Crippen LogP contribution in [0.3, 0.4) is 0 Å². The Labute approximate surface area is 144 Å². The van der Waals surface area contributed by atoms with Gasteiger partial charge in [-0.3, -0.25) is 0 Å². The Balaban J connectivity index is 1.90. The van der Waals surface area contributed by atoms with Crippen molar-refractivity contribution in [3.8, 4) is 17.2 Å². The second-order valence-electron chi connectivity index (χ2n) is 6.58. The third-order valence-corrected chi connectivity index (χ3v) is 4.98. The maximum Gasteiger partial charge on any atom is 0.342 e. The quantitative estimate of drug-likeness (QED) is 0.830. The first-order valence-corrected chi connectivity index (χ1v) is 8.46. The molecule has 3 atom stereocenters. The van der Waals surface area contributed by atoms with Crippen LogP contribution < -0.4 is 4.74 Å². The van der Waals surface area contributed by atoms with Gasteiger partial charge in [-0.15, -0.1) is 0 Å². The molecule has 2 aliphatic heterocycles. The number of methoxy groups -OCH3 is 1. The van der Waals surface area contributed by atoms with Gasteiger partial charge in [0.15, 0.2) is 0 Å². The second-order valence-corrected chi connectivity index (χ2v) is 6.58. The van der Waals surface area contributed by atoms with E-state index in [1.165, 1.54) is 13.2 Å². The van der Waals surface area contributed by atoms with Crippen LogP contribution in [-0.2, 0) is 9.47 Å². The lowest BCUT2D eigenvalue weighted by atomic mass is 9.90. The van der Waals surface area contributed by atoms with Crippen LogP contribution in [0.5, 0.6) is 17.2 Å². The number of carbonyl (C=O) groups is 1. The smallest absolute Gasteiger partial charge is 0.342 e. The van der Waals surface area contributed by atoms with E-state index in [0.29, 0.717) is 23.1 Å². The molecule has 6 nitrogen and oxygen atoms in total. The van der Waals surface area contributed by atoms with Crippen LogP contribution in [0, 0.1) is 0 Å². The van der Waals surface area contributed by atoms with Gasteiger partial charge >= 0.3 is 5.97 Å². The van der Waals surface area contributed by atoms with Gasteiger partial charge in [-0.2, -0.15) is 0 Å². The SMILES string of the molecule is CCC[C@@H]1C[C@H]2OC(=O)c3c(cc4cc(OC)cc(O)c4c3O)[C@H]2O1. The number of ether oxygens (including phenoxy) is 3. The van der Waals surface area contributed by atoms with Crippen molar-refractivity contribution in [2.45, 2.75) is 44.5 Å². The van der Waals surface area contributed by atoms with Gasteiger partial charge in [0.2, 0.25) is 0 Å². The number of benzene rings is 2. The maximum absolute atomic E-state index is 12.4. The number of aromatic hydroxyl groups is 2. The minimum absolute atomic E-state index is 0.0373. The first-order valence-electron chi connectivity index (χ1n) is 8.46. The van der Waals surface area contributed by atoms with E-state index in [0.717, 1.165) is 12.8 Å². The van der Waals surface area contributed by atoms with Crippen LogP contribution >= 0.6 is 0 Å². The zero-order valence-corrected chi connectivity index (χ0v) is 14.1. The van der Waals surface area contributed by atoms with E-state index < -0.39 is 12.1 Å². The molecule has 1 saturated heterocycles. The van der Waals surface area contributed by atoms with Gasteiger partial charge in [0.1, 0.15) is 35.0 Å². The molecule has 0 unspecified atom stereocenters. The van der Waals surface area contributed by atoms with Crippen molar-refractivity contribution in [2.75, 3.05) is 7.11 Å². The molecule has 2 N–H and O–H groups in total. The Morgan fingerprint density at radius 3 is 2.80 bits per heavy atom. The van der Waals surface area contributed by atoms with Gasteiger partial charge in [-0.1, -0.05) is 13.3 Å². The van der Waals surface area contributed by atoms with Gasteiger partial charge in [-0.05, 0) is 23.9 Å². The highest BCUT2D eigenvalue weighted by molar-refractivity contribution is 6.06. The van der Waals surface area contributed by atoms with Gasteiger partial charge in [0, 0.05) is 18.1 Å². The summed E-state index contributed by atoms with van der Waals surface area (Å²) in [6.45, 7) is 2.08. The Hall–Kier alpha value is -2.47. The molecule has 0 amide bonds. The largest absolute Gasteiger partial charge is 0.507 e. The summed E-state index contributed by atoms with van der Waals surface area (Å²) in [5.74, 6) is -0.540. The number of rotatable bonds is 3. The highest BCUT2D eigenvalue weighted by atomic mass is 16.6. The lowest BCUT2D eigenvalue weighted by Gasteiger charge is -2.28. The number of fused-ring (bicyclic) bond motifs is 4. The molecule has 0 bridgehead atoms. The van der Waals surface area contributed by atoms with Crippen molar-refractivity contribution in [3.05, 3.63) is 29.3 Å². The van der Waals surface area contributed by atoms with E-state index in [4.69, 9.17) is 14.2 Å². The first kappa shape index (κ1) is 16.0. The fourth-order valence-corrected chi connectivity index (χ4v) is 3.87. The van der Waals surface area contributed by atoms with E-state index in [9.17, 15) is 15.0 Å². The van der Waals surface area contributed by atoms with E-state index in [1.807, 2.05) is 0 Å². The van der Waals surface area contributed by atoms with E-state index in [2.05, 4.69) is 6.92 Å². The first-order chi connectivity index (χ1) is 12.0. The van der Waals surface area contributed by atoms with Crippen LogP contribution in [0.15, 0.2) is 18.2 Å². The maximum atomic E-state index is 12.4. The molecule has 6 heteroatoms. The molecule has 132 valence electrons. The average Bonchev–Trinajstić information content (AvgIpc) is 2.97. The summed E-state index contributed by atoms with van der Waals surface area (Å²) in [5.41, 5.74) is 0.684. The summed E-state index contributed by atoms with van der Waals surface area (Å²) < 4.78 is 16.8. The van der Waals surface area contributed by atoms with Crippen LogP contribution in [0.25, 0.3) is 10.8 Å². The highest BCUT2D eigenvalue weighted by Crippen LogP contribution is 2.48. The van der Waals surface area contributed by atoms with Crippen molar-refractivity contribution in [3.63, 3.8) is 0 Å². The monoisotopic (exact) mass is 344 g/mol. The molecule has 25 heavy (non-hydrogen) atoms. The van der Waals surface area contributed by atoms with Gasteiger partial charge in [-0.25, -0.2) is 4.79 Å². The molecule has 0 aliphatic carbocycles. The molecule has 2 aliphatic rings. The van der Waals surface area contributed by atoms with E-state index in [-0.39, 0.29) is 34.7 Å². The number of phenols is 2. The zero-order chi connectivity index (χ0) is 17.7. The molecule has 0 spiro atoms. The van der Waals surface area contributed by atoms with Crippen molar-refractivity contribution >= 4 is 16.7 Å². The predicted octanol–water partition coefficient (Wildman–Crippen LogP) is 3.43. The molecule has 2 aromatic rings. The van der Waals surface area contributed by atoms with Crippen LogP contribution in [0.4, 0.5) is 0 Å². The highest BCUT2D eigenvalue weighted by Gasteiger charge is 2.45. The lowest BCUT2D eigenvalue weighted by Crippen LogP contribution is -2.29. The molecule has 1 fully saturated rings. The molecular formula is C19H20O6. The minimum Gasteiger partial charge on any atom is -0.507 e. The van der Waals surface area contributed by atoms with Crippen LogP contribution in [0.2, 0.25) is 0 Å². The lowest BCUT2D eigenvalue weighted by molar-refractivity contribution is -0.0232. The fourth-order valence-electron chi connectivity index (χ4n) is 3.87. The molecule has 4 rings (SSSR count). The van der Waals surface area contributed by atoms with Crippen molar-refractivity contribution < 1.29 is 29.2 Å². The van der Waals surface area contributed by atoms with Crippen LogP contribution in [-0.4, -0.2) is 35.5 Å². The molecular weight excluding hydrogens is 324 g/mol. The van der Waals surface area contributed by atoms with Crippen molar-refractivity contribution in [2.24, 2.45) is 0 Å². The summed E-state index contributed by atoms with van der Waals surface area (Å²) in [6.07, 6.45) is 1.84. The molecule has 0 saturated carbocycles. The van der Waals surface area contributed by atoms with Gasteiger partial charge < -0.3 is 24.4 Å². The third kappa shape index (κ3) is 2.40. The Morgan fingerprint density at radius 1 is 1.28 bits per heavy atom. The number of esters is 1. The summed E-state index contributed by atoms with van der Waals surface area (Å²) >= 11 is 0. The average molecular weight is 344 g/mol. The predicted molar refractivity (Wildman–Crippen MR) is 90.2 cm³/mol. The topological polar surface area (TPSA) is 85.2 Å². The molecule has 0 aromatic heterocycles. The summed E-state index contributed by atoms with van der Waals surface area (Å²) in [4.78, 5) is 12.4. The Kier molecular flexibility index (Phi) is 3.72. The fraction of sp³-hybridized carbons (Fsp3) is 0.421. The number of carbonyl (C=O) groups excluding carboxylic acids is 1. The normalized spacial score (nSPS) is 24.7. The summed E-state index contributed by atoms with van der Waals surface area (Å²) in [5, 5.41) is 21.7. The van der Waals surface area contributed by atoms with Crippen molar-refractivity contribution in [1.29, 1.82) is 0 Å². The van der Waals surface area contributed by atoms with Gasteiger partial charge in [0.25, 0.3) is 0 Å². The second kappa shape index (κ2) is 5.81. The minimum atomic E-state index is -0.577. The molecule has 0 radical (unpaired) electrons. The zero-order valence-electron chi connectivity index (χ0n) is 14.1. The van der Waals surface area contributed by atoms with Crippen LogP contribution in [0.1, 0.15) is 48.2 Å². The Morgan fingerprint density at radius 2 is 2.08 bits per heavy atom.